The van der Waals surface area contributed by atoms with Crippen molar-refractivity contribution in [3.05, 3.63) is 29.8 Å². The van der Waals surface area contributed by atoms with E-state index < -0.39 is 6.04 Å². The molecule has 1 atom stereocenters. The standard InChI is InChI=1S/C14H20N2O2.ClH/c1-10(15)14(17)16(12-7-8-12)9-11-5-3-4-6-13(11)18-2;/h3-6,10,12H,7-9,15H2,1-2H3;1H/t10-;/m1./s1. The van der Waals surface area contributed by atoms with Crippen LogP contribution in [-0.4, -0.2) is 30.0 Å². The average Bonchev–Trinajstić information content (AvgIpc) is 3.19. The molecular formula is C14H21ClN2O2. The van der Waals surface area contributed by atoms with Gasteiger partial charge in [-0.3, -0.25) is 4.79 Å². The number of hydrogen-bond acceptors (Lipinski definition) is 3. The Labute approximate surface area is 120 Å². The van der Waals surface area contributed by atoms with Gasteiger partial charge in [0, 0.05) is 18.2 Å². The van der Waals surface area contributed by atoms with Crippen molar-refractivity contribution in [2.75, 3.05) is 7.11 Å². The van der Waals surface area contributed by atoms with Gasteiger partial charge in [0.25, 0.3) is 0 Å². The molecule has 0 aliphatic heterocycles. The lowest BCUT2D eigenvalue weighted by Crippen LogP contribution is -2.42. The number of benzene rings is 1. The average molecular weight is 285 g/mol. The van der Waals surface area contributed by atoms with Crippen LogP contribution in [0.25, 0.3) is 0 Å². The topological polar surface area (TPSA) is 55.6 Å². The maximum atomic E-state index is 12.1. The number of para-hydroxylation sites is 1. The summed E-state index contributed by atoms with van der Waals surface area (Å²) in [6.45, 7) is 2.31. The molecule has 19 heavy (non-hydrogen) atoms. The highest BCUT2D eigenvalue weighted by molar-refractivity contribution is 5.85. The number of carbonyl (C=O) groups excluding carboxylic acids is 1. The summed E-state index contributed by atoms with van der Waals surface area (Å²) in [4.78, 5) is 14.0. The molecule has 0 spiro atoms. The van der Waals surface area contributed by atoms with Crippen LogP contribution in [0.4, 0.5) is 0 Å². The molecule has 2 N–H and O–H groups in total. The Kier molecular flexibility index (Phi) is 5.63. The highest BCUT2D eigenvalue weighted by Crippen LogP contribution is 2.30. The quantitative estimate of drug-likeness (QED) is 0.899. The minimum Gasteiger partial charge on any atom is -0.496 e. The van der Waals surface area contributed by atoms with Crippen LogP contribution in [-0.2, 0) is 11.3 Å². The van der Waals surface area contributed by atoms with Gasteiger partial charge in [-0.2, -0.15) is 0 Å². The van der Waals surface area contributed by atoms with Crippen molar-refractivity contribution in [3.63, 3.8) is 0 Å². The van der Waals surface area contributed by atoms with Crippen molar-refractivity contribution in [2.45, 2.75) is 38.4 Å². The van der Waals surface area contributed by atoms with Crippen LogP contribution < -0.4 is 10.5 Å². The molecule has 2 rings (SSSR count). The van der Waals surface area contributed by atoms with Gasteiger partial charge in [0.05, 0.1) is 13.2 Å². The SMILES string of the molecule is COc1ccccc1CN(C(=O)[C@@H](C)N)C1CC1.Cl. The second-order valence-corrected chi connectivity index (χ2v) is 4.80. The molecule has 0 radical (unpaired) electrons. The van der Waals surface area contributed by atoms with Gasteiger partial charge < -0.3 is 15.4 Å². The number of hydrogen-bond donors (Lipinski definition) is 1. The molecule has 1 aliphatic rings. The maximum Gasteiger partial charge on any atom is 0.239 e. The van der Waals surface area contributed by atoms with Crippen molar-refractivity contribution >= 4 is 18.3 Å². The van der Waals surface area contributed by atoms with Crippen LogP contribution in [0.15, 0.2) is 24.3 Å². The van der Waals surface area contributed by atoms with Gasteiger partial charge in [0.15, 0.2) is 0 Å². The van der Waals surface area contributed by atoms with E-state index in [-0.39, 0.29) is 18.3 Å². The third kappa shape index (κ3) is 3.85. The van der Waals surface area contributed by atoms with E-state index >= 15 is 0 Å². The van der Waals surface area contributed by atoms with E-state index in [1.807, 2.05) is 29.2 Å². The van der Waals surface area contributed by atoms with E-state index in [2.05, 4.69) is 0 Å². The Balaban J connectivity index is 0.00000180. The molecule has 0 saturated heterocycles. The highest BCUT2D eigenvalue weighted by atomic mass is 35.5. The summed E-state index contributed by atoms with van der Waals surface area (Å²) in [5.74, 6) is 0.837. The van der Waals surface area contributed by atoms with Gasteiger partial charge in [-0.1, -0.05) is 18.2 Å². The Morgan fingerprint density at radius 1 is 1.47 bits per heavy atom. The van der Waals surface area contributed by atoms with Crippen LogP contribution in [0.3, 0.4) is 0 Å². The van der Waals surface area contributed by atoms with Crippen LogP contribution in [0.5, 0.6) is 5.75 Å². The first-order valence-electron chi connectivity index (χ1n) is 6.31. The molecule has 1 aromatic carbocycles. The van der Waals surface area contributed by atoms with E-state index in [0.717, 1.165) is 24.2 Å². The monoisotopic (exact) mass is 284 g/mol. The molecule has 5 heteroatoms. The minimum absolute atomic E-state index is 0. The van der Waals surface area contributed by atoms with Crippen LogP contribution in [0.2, 0.25) is 0 Å². The van der Waals surface area contributed by atoms with Crippen molar-refractivity contribution in [1.82, 2.24) is 4.90 Å². The molecule has 1 aliphatic carbocycles. The molecule has 106 valence electrons. The second-order valence-electron chi connectivity index (χ2n) is 4.80. The van der Waals surface area contributed by atoms with Crippen LogP contribution in [0.1, 0.15) is 25.3 Å². The zero-order chi connectivity index (χ0) is 13.1. The van der Waals surface area contributed by atoms with Crippen molar-refractivity contribution < 1.29 is 9.53 Å². The fourth-order valence-corrected chi connectivity index (χ4v) is 2.05. The second kappa shape index (κ2) is 6.78. The first-order chi connectivity index (χ1) is 8.63. The van der Waals surface area contributed by atoms with Gasteiger partial charge >= 0.3 is 0 Å². The summed E-state index contributed by atoms with van der Waals surface area (Å²) in [7, 11) is 1.65. The van der Waals surface area contributed by atoms with Crippen LogP contribution in [0, 0.1) is 0 Å². The van der Waals surface area contributed by atoms with E-state index in [4.69, 9.17) is 10.5 Å². The van der Waals surface area contributed by atoms with Gasteiger partial charge in [-0.25, -0.2) is 0 Å². The number of ether oxygens (including phenoxy) is 1. The fraction of sp³-hybridized carbons (Fsp3) is 0.500. The van der Waals surface area contributed by atoms with E-state index in [1.54, 1.807) is 14.0 Å². The summed E-state index contributed by atoms with van der Waals surface area (Å²) in [6, 6.07) is 7.70. The smallest absolute Gasteiger partial charge is 0.239 e. The normalized spacial score (nSPS) is 15.3. The van der Waals surface area contributed by atoms with Gasteiger partial charge in [0.1, 0.15) is 5.75 Å². The molecular weight excluding hydrogens is 264 g/mol. The molecule has 1 aromatic rings. The maximum absolute atomic E-state index is 12.1. The van der Waals surface area contributed by atoms with Crippen molar-refractivity contribution in [2.24, 2.45) is 5.73 Å². The molecule has 1 amide bonds. The Morgan fingerprint density at radius 3 is 2.63 bits per heavy atom. The molecule has 1 fully saturated rings. The number of nitrogens with two attached hydrogens (primary N) is 1. The molecule has 0 heterocycles. The summed E-state index contributed by atoms with van der Waals surface area (Å²) in [6.07, 6.45) is 2.15. The predicted molar refractivity (Wildman–Crippen MR) is 77.5 cm³/mol. The first-order valence-corrected chi connectivity index (χ1v) is 6.31. The lowest BCUT2D eigenvalue weighted by molar-refractivity contribution is -0.133. The number of rotatable bonds is 5. The first kappa shape index (κ1) is 15.8. The lowest BCUT2D eigenvalue weighted by Gasteiger charge is -2.25. The number of carbonyl (C=O) groups is 1. The third-order valence-electron chi connectivity index (χ3n) is 3.19. The molecule has 0 unspecified atom stereocenters. The van der Waals surface area contributed by atoms with Crippen molar-refractivity contribution in [1.29, 1.82) is 0 Å². The third-order valence-corrected chi connectivity index (χ3v) is 3.19. The Bertz CT molecular complexity index is 433. The minimum atomic E-state index is -0.444. The summed E-state index contributed by atoms with van der Waals surface area (Å²) in [5, 5.41) is 0. The van der Waals surface area contributed by atoms with Gasteiger partial charge in [-0.05, 0) is 25.8 Å². The number of methoxy groups -OCH3 is 1. The van der Waals surface area contributed by atoms with Gasteiger partial charge in [-0.15, -0.1) is 12.4 Å². The summed E-state index contributed by atoms with van der Waals surface area (Å²) >= 11 is 0. The largest absolute Gasteiger partial charge is 0.496 e. The van der Waals surface area contributed by atoms with E-state index in [0.29, 0.717) is 12.6 Å². The van der Waals surface area contributed by atoms with E-state index in [9.17, 15) is 4.79 Å². The number of halogens is 1. The molecule has 1 saturated carbocycles. The number of amides is 1. The highest BCUT2D eigenvalue weighted by Gasteiger charge is 2.34. The lowest BCUT2D eigenvalue weighted by atomic mass is 10.1. The summed E-state index contributed by atoms with van der Waals surface area (Å²) < 4.78 is 5.32. The predicted octanol–water partition coefficient (Wildman–Crippen LogP) is 1.96. The number of nitrogens with zero attached hydrogens (tertiary/aromatic N) is 1. The molecule has 4 nitrogen and oxygen atoms in total. The fourth-order valence-electron chi connectivity index (χ4n) is 2.05. The van der Waals surface area contributed by atoms with Gasteiger partial charge in [0.2, 0.25) is 5.91 Å². The molecule has 0 aromatic heterocycles. The van der Waals surface area contributed by atoms with E-state index in [1.165, 1.54) is 0 Å². The Morgan fingerprint density at radius 2 is 2.11 bits per heavy atom. The molecule has 0 bridgehead atoms. The Hall–Kier alpha value is -1.26. The van der Waals surface area contributed by atoms with Crippen LogP contribution >= 0.6 is 12.4 Å². The zero-order valence-corrected chi connectivity index (χ0v) is 12.2. The summed E-state index contributed by atoms with van der Waals surface area (Å²) in [5.41, 5.74) is 6.73. The van der Waals surface area contributed by atoms with Crippen molar-refractivity contribution in [3.8, 4) is 5.75 Å². The zero-order valence-electron chi connectivity index (χ0n) is 11.3.